The van der Waals surface area contributed by atoms with E-state index in [1.165, 1.54) is 34.6 Å². The van der Waals surface area contributed by atoms with Crippen molar-refractivity contribution >= 4 is 35.1 Å². The maximum absolute atomic E-state index is 11.3. The van der Waals surface area contributed by atoms with Gasteiger partial charge < -0.3 is 4.74 Å². The number of carbonyl (C=O) groups excluding carboxylic acids is 1. The molecule has 0 aliphatic carbocycles. The van der Waals surface area contributed by atoms with E-state index >= 15 is 0 Å². The maximum atomic E-state index is 11.3. The van der Waals surface area contributed by atoms with Gasteiger partial charge in [0.2, 0.25) is 0 Å². The van der Waals surface area contributed by atoms with E-state index in [4.69, 9.17) is 16.3 Å². The Bertz CT molecular complexity index is 604. The number of aromatic nitrogens is 3. The van der Waals surface area contributed by atoms with Gasteiger partial charge in [0, 0.05) is 23.2 Å². The predicted octanol–water partition coefficient (Wildman–Crippen LogP) is 3.08. The van der Waals surface area contributed by atoms with Crippen molar-refractivity contribution in [2.45, 2.75) is 20.0 Å². The van der Waals surface area contributed by atoms with Gasteiger partial charge in [-0.25, -0.2) is 14.5 Å². The first-order valence-corrected chi connectivity index (χ1v) is 6.84. The predicted molar refractivity (Wildman–Crippen MR) is 74.9 cm³/mol. The summed E-state index contributed by atoms with van der Waals surface area (Å²) in [4.78, 5) is 15.5. The Morgan fingerprint density at radius 1 is 1.58 bits per heavy atom. The second-order valence-electron chi connectivity index (χ2n) is 3.99. The highest BCUT2D eigenvalue weighted by molar-refractivity contribution is 7.14. The summed E-state index contributed by atoms with van der Waals surface area (Å²) in [6, 6.07) is 1.79. The third-order valence-electron chi connectivity index (χ3n) is 2.05. The highest BCUT2D eigenvalue weighted by Crippen LogP contribution is 2.26. The molecule has 0 fully saturated rings. The second kappa shape index (κ2) is 5.99. The molecule has 2 aromatic heterocycles. The topological polar surface area (TPSA) is 57.0 Å². The van der Waals surface area contributed by atoms with Gasteiger partial charge >= 0.3 is 5.97 Å². The molecular weight excluding hydrogens is 286 g/mol. The van der Waals surface area contributed by atoms with Crippen molar-refractivity contribution in [1.29, 1.82) is 0 Å². The second-order valence-corrected chi connectivity index (χ2v) is 5.53. The third-order valence-corrected chi connectivity index (χ3v) is 3.14. The van der Waals surface area contributed by atoms with Crippen LogP contribution in [-0.2, 0) is 9.53 Å². The lowest BCUT2D eigenvalue weighted by Crippen LogP contribution is -2.08. The molecule has 0 aliphatic heterocycles. The fraction of sp³-hybridized carbons (Fsp3) is 0.250. The van der Waals surface area contributed by atoms with Crippen molar-refractivity contribution in [2.75, 3.05) is 0 Å². The van der Waals surface area contributed by atoms with Crippen molar-refractivity contribution in [1.82, 2.24) is 14.8 Å². The first-order chi connectivity index (χ1) is 9.04. The van der Waals surface area contributed by atoms with Crippen LogP contribution in [0.25, 0.3) is 17.6 Å². The van der Waals surface area contributed by atoms with E-state index in [-0.39, 0.29) is 6.10 Å². The first-order valence-electron chi connectivity index (χ1n) is 5.59. The average Bonchev–Trinajstić information content (AvgIpc) is 2.94. The Labute approximate surface area is 119 Å². The van der Waals surface area contributed by atoms with Crippen LogP contribution in [0.1, 0.15) is 13.8 Å². The van der Waals surface area contributed by atoms with Crippen molar-refractivity contribution < 1.29 is 9.53 Å². The maximum Gasteiger partial charge on any atom is 0.332 e. The number of thiophene rings is 1. The quantitative estimate of drug-likeness (QED) is 0.643. The van der Waals surface area contributed by atoms with Crippen LogP contribution in [0.4, 0.5) is 0 Å². The lowest BCUT2D eigenvalue weighted by molar-refractivity contribution is -0.141. The van der Waals surface area contributed by atoms with Crippen LogP contribution >= 0.6 is 22.9 Å². The molecule has 0 saturated heterocycles. The standard InChI is InChI=1S/C12H12ClN3O2S/c1-8(2)18-11(17)3-4-16-7-14-12(15-16)9-5-10(13)19-6-9/h3-8H,1-2H3/b4-3+. The Morgan fingerprint density at radius 2 is 2.37 bits per heavy atom. The van der Waals surface area contributed by atoms with E-state index in [0.717, 1.165) is 5.56 Å². The van der Waals surface area contributed by atoms with Gasteiger partial charge in [-0.2, -0.15) is 0 Å². The van der Waals surface area contributed by atoms with Gasteiger partial charge in [0.05, 0.1) is 10.4 Å². The van der Waals surface area contributed by atoms with Gasteiger partial charge in [-0.05, 0) is 19.9 Å². The molecule has 100 valence electrons. The summed E-state index contributed by atoms with van der Waals surface area (Å²) in [5.74, 6) is 0.149. The molecule has 0 radical (unpaired) electrons. The summed E-state index contributed by atoms with van der Waals surface area (Å²) in [7, 11) is 0. The van der Waals surface area contributed by atoms with Crippen molar-refractivity contribution in [3.63, 3.8) is 0 Å². The molecule has 0 saturated carbocycles. The smallest absolute Gasteiger partial charge is 0.332 e. The molecule has 0 aliphatic rings. The number of hydrogen-bond acceptors (Lipinski definition) is 5. The third kappa shape index (κ3) is 3.90. The minimum absolute atomic E-state index is 0.142. The van der Waals surface area contributed by atoms with E-state index in [2.05, 4.69) is 10.1 Å². The van der Waals surface area contributed by atoms with Gasteiger partial charge in [-0.1, -0.05) is 11.6 Å². The van der Waals surface area contributed by atoms with E-state index < -0.39 is 5.97 Å². The molecule has 2 heterocycles. The molecule has 2 rings (SSSR count). The van der Waals surface area contributed by atoms with Crippen LogP contribution in [-0.4, -0.2) is 26.8 Å². The van der Waals surface area contributed by atoms with E-state index in [1.807, 2.05) is 5.38 Å². The summed E-state index contributed by atoms with van der Waals surface area (Å²) in [6.45, 7) is 3.58. The fourth-order valence-corrected chi connectivity index (χ4v) is 2.17. The largest absolute Gasteiger partial charge is 0.460 e. The highest BCUT2D eigenvalue weighted by Gasteiger charge is 2.06. The number of nitrogens with zero attached hydrogens (tertiary/aromatic N) is 3. The van der Waals surface area contributed by atoms with Crippen molar-refractivity contribution in [3.8, 4) is 11.4 Å². The normalized spacial score (nSPS) is 11.4. The summed E-state index contributed by atoms with van der Waals surface area (Å²) in [5.41, 5.74) is 0.854. The molecule has 0 spiro atoms. The zero-order valence-corrected chi connectivity index (χ0v) is 12.0. The SMILES string of the molecule is CC(C)OC(=O)/C=C/n1cnc(-c2csc(Cl)c2)n1. The van der Waals surface area contributed by atoms with Crippen LogP contribution in [0.15, 0.2) is 23.8 Å². The van der Waals surface area contributed by atoms with E-state index in [1.54, 1.807) is 19.9 Å². The lowest BCUT2D eigenvalue weighted by atomic mass is 10.3. The number of esters is 1. The minimum atomic E-state index is -0.411. The molecule has 0 N–H and O–H groups in total. The molecule has 5 nitrogen and oxygen atoms in total. The van der Waals surface area contributed by atoms with Crippen LogP contribution < -0.4 is 0 Å². The molecule has 19 heavy (non-hydrogen) atoms. The van der Waals surface area contributed by atoms with Crippen molar-refractivity contribution in [3.05, 3.63) is 28.2 Å². The minimum Gasteiger partial charge on any atom is -0.460 e. The van der Waals surface area contributed by atoms with Crippen LogP contribution in [0.2, 0.25) is 4.34 Å². The van der Waals surface area contributed by atoms with Crippen LogP contribution in [0.3, 0.4) is 0 Å². The first kappa shape index (κ1) is 13.8. The molecular formula is C12H12ClN3O2S. The number of ether oxygens (including phenoxy) is 1. The molecule has 7 heteroatoms. The van der Waals surface area contributed by atoms with Gasteiger partial charge in [0.25, 0.3) is 0 Å². The Hall–Kier alpha value is -1.66. The summed E-state index contributed by atoms with van der Waals surface area (Å²) in [6.07, 6.45) is 4.17. The summed E-state index contributed by atoms with van der Waals surface area (Å²) >= 11 is 7.27. The van der Waals surface area contributed by atoms with Crippen LogP contribution in [0.5, 0.6) is 0 Å². The van der Waals surface area contributed by atoms with Gasteiger partial charge in [-0.15, -0.1) is 16.4 Å². The lowest BCUT2D eigenvalue weighted by Gasteiger charge is -2.03. The molecule has 0 atom stereocenters. The molecule has 0 aromatic carbocycles. The van der Waals surface area contributed by atoms with Crippen LogP contribution in [0, 0.1) is 0 Å². The van der Waals surface area contributed by atoms with E-state index in [9.17, 15) is 4.79 Å². The highest BCUT2D eigenvalue weighted by atomic mass is 35.5. The average molecular weight is 298 g/mol. The molecule has 0 bridgehead atoms. The molecule has 0 unspecified atom stereocenters. The monoisotopic (exact) mass is 297 g/mol. The zero-order chi connectivity index (χ0) is 13.8. The Balaban J connectivity index is 2.05. The van der Waals surface area contributed by atoms with Gasteiger partial charge in [-0.3, -0.25) is 0 Å². The number of halogens is 1. The Kier molecular flexibility index (Phi) is 4.34. The Morgan fingerprint density at radius 3 is 3.00 bits per heavy atom. The zero-order valence-electron chi connectivity index (χ0n) is 10.4. The number of rotatable bonds is 4. The van der Waals surface area contributed by atoms with E-state index in [0.29, 0.717) is 10.2 Å². The summed E-state index contributed by atoms with van der Waals surface area (Å²) in [5, 5.41) is 6.08. The van der Waals surface area contributed by atoms with Gasteiger partial charge in [0.15, 0.2) is 5.82 Å². The van der Waals surface area contributed by atoms with Crippen molar-refractivity contribution in [2.24, 2.45) is 0 Å². The fourth-order valence-electron chi connectivity index (χ4n) is 1.32. The summed E-state index contributed by atoms with van der Waals surface area (Å²) < 4.78 is 7.09. The molecule has 0 amide bonds. The molecule has 2 aromatic rings. The van der Waals surface area contributed by atoms with Gasteiger partial charge in [0.1, 0.15) is 6.33 Å². The number of carbonyl (C=O) groups is 1. The number of hydrogen-bond donors (Lipinski definition) is 0.